The molecule has 2 unspecified atom stereocenters. The largest absolute Gasteiger partial charge is 0.383 e. The normalized spacial score (nSPS) is 19.1. The number of aromatic nitrogens is 2. The molecule has 1 N–H and O–H groups in total. The Kier molecular flexibility index (Phi) is 5.41. The van der Waals surface area contributed by atoms with Gasteiger partial charge in [-0.1, -0.05) is 18.2 Å². The zero-order valence-electron chi connectivity index (χ0n) is 16.1. The molecule has 1 saturated heterocycles. The first kappa shape index (κ1) is 18.7. The van der Waals surface area contributed by atoms with E-state index in [1.807, 2.05) is 18.3 Å². The molecule has 0 radical (unpaired) electrons. The van der Waals surface area contributed by atoms with E-state index in [9.17, 15) is 0 Å². The van der Waals surface area contributed by atoms with Crippen molar-refractivity contribution in [2.45, 2.75) is 25.6 Å². The van der Waals surface area contributed by atoms with Crippen LogP contribution in [0.3, 0.4) is 0 Å². The predicted octanol–water partition coefficient (Wildman–Crippen LogP) is 4.02. The minimum Gasteiger partial charge on any atom is -0.383 e. The lowest BCUT2D eigenvalue weighted by Gasteiger charge is -2.29. The van der Waals surface area contributed by atoms with Crippen molar-refractivity contribution in [3.05, 3.63) is 83.9 Å². The van der Waals surface area contributed by atoms with Gasteiger partial charge in [0.05, 0.1) is 18.3 Å². The smallest absolute Gasteiger partial charge is 0.174 e. The second-order valence-corrected chi connectivity index (χ2v) is 7.34. The molecule has 2 atom stereocenters. The van der Waals surface area contributed by atoms with Crippen LogP contribution in [-0.2, 0) is 11.3 Å². The van der Waals surface area contributed by atoms with Gasteiger partial charge in [-0.2, -0.15) is 0 Å². The molecule has 144 valence electrons. The summed E-state index contributed by atoms with van der Waals surface area (Å²) in [5, 5.41) is 4.22. The van der Waals surface area contributed by atoms with E-state index in [0.717, 1.165) is 17.9 Å². The molecule has 1 fully saturated rings. The summed E-state index contributed by atoms with van der Waals surface area (Å²) >= 11 is 5.78. The third-order valence-corrected chi connectivity index (χ3v) is 5.40. The Hall–Kier alpha value is -2.70. The summed E-state index contributed by atoms with van der Waals surface area (Å²) in [6, 6.07) is 18.7. The number of benzene rings is 1. The molecule has 28 heavy (non-hydrogen) atoms. The third kappa shape index (κ3) is 3.53. The van der Waals surface area contributed by atoms with Gasteiger partial charge in [0.15, 0.2) is 5.11 Å². The van der Waals surface area contributed by atoms with Crippen LogP contribution in [0.1, 0.15) is 29.0 Å². The van der Waals surface area contributed by atoms with E-state index in [1.165, 1.54) is 11.3 Å². The van der Waals surface area contributed by atoms with Gasteiger partial charge in [-0.05, 0) is 61.1 Å². The number of aryl methyl sites for hydroxylation is 1. The topological polar surface area (TPSA) is 42.3 Å². The maximum Gasteiger partial charge on any atom is 0.174 e. The minimum absolute atomic E-state index is 0.00365. The zero-order valence-corrected chi connectivity index (χ0v) is 16.9. The second kappa shape index (κ2) is 8.12. The summed E-state index contributed by atoms with van der Waals surface area (Å²) < 4.78 is 7.54. The lowest BCUT2D eigenvalue weighted by molar-refractivity contribution is 0.186. The Labute approximate surface area is 171 Å². The van der Waals surface area contributed by atoms with E-state index in [-0.39, 0.29) is 12.1 Å². The summed E-state index contributed by atoms with van der Waals surface area (Å²) in [7, 11) is 1.73. The van der Waals surface area contributed by atoms with Crippen molar-refractivity contribution in [3.8, 4) is 0 Å². The molecule has 0 saturated carbocycles. The van der Waals surface area contributed by atoms with Gasteiger partial charge in [-0.15, -0.1) is 0 Å². The maximum atomic E-state index is 5.78. The number of hydrogen-bond donors (Lipinski definition) is 1. The number of hydrogen-bond acceptors (Lipinski definition) is 3. The van der Waals surface area contributed by atoms with Crippen molar-refractivity contribution in [2.24, 2.45) is 0 Å². The summed E-state index contributed by atoms with van der Waals surface area (Å²) in [5.74, 6) is 0. The van der Waals surface area contributed by atoms with Crippen molar-refractivity contribution in [2.75, 3.05) is 18.6 Å². The van der Waals surface area contributed by atoms with Crippen LogP contribution < -0.4 is 10.2 Å². The molecule has 3 aromatic rings. The average Bonchev–Trinajstić information content (AvgIpc) is 3.30. The number of nitrogens with zero attached hydrogens (tertiary/aromatic N) is 3. The van der Waals surface area contributed by atoms with Gasteiger partial charge in [0.2, 0.25) is 0 Å². The summed E-state index contributed by atoms with van der Waals surface area (Å²) in [6.45, 7) is 3.55. The lowest BCUT2D eigenvalue weighted by Crippen LogP contribution is -2.30. The van der Waals surface area contributed by atoms with Gasteiger partial charge < -0.3 is 19.5 Å². The predicted molar refractivity (Wildman–Crippen MR) is 115 cm³/mol. The third-order valence-electron chi connectivity index (χ3n) is 5.08. The van der Waals surface area contributed by atoms with Crippen molar-refractivity contribution >= 4 is 23.0 Å². The van der Waals surface area contributed by atoms with E-state index < -0.39 is 0 Å². The molecule has 3 heterocycles. The van der Waals surface area contributed by atoms with Crippen molar-refractivity contribution in [1.82, 2.24) is 14.9 Å². The first-order valence-electron chi connectivity index (χ1n) is 9.40. The van der Waals surface area contributed by atoms with Crippen molar-refractivity contribution in [3.63, 3.8) is 0 Å². The van der Waals surface area contributed by atoms with Gasteiger partial charge in [-0.3, -0.25) is 4.98 Å². The average molecular weight is 393 g/mol. The molecule has 1 aromatic carbocycles. The van der Waals surface area contributed by atoms with Crippen LogP contribution in [0.4, 0.5) is 5.69 Å². The van der Waals surface area contributed by atoms with E-state index in [1.54, 1.807) is 7.11 Å². The molecule has 5 nitrogen and oxygen atoms in total. The molecule has 1 aliphatic heterocycles. The Balaban J connectivity index is 1.81. The van der Waals surface area contributed by atoms with Gasteiger partial charge >= 0.3 is 0 Å². The highest BCUT2D eigenvalue weighted by atomic mass is 32.1. The fraction of sp³-hybridized carbons (Fsp3) is 0.273. The summed E-state index contributed by atoms with van der Waals surface area (Å²) in [5.41, 5.74) is 4.45. The van der Waals surface area contributed by atoms with Gasteiger partial charge in [0.25, 0.3) is 0 Å². The fourth-order valence-corrected chi connectivity index (χ4v) is 4.15. The van der Waals surface area contributed by atoms with E-state index in [0.29, 0.717) is 11.7 Å². The molecular weight excluding hydrogens is 368 g/mol. The Morgan fingerprint density at radius 1 is 1.14 bits per heavy atom. The monoisotopic (exact) mass is 392 g/mol. The highest BCUT2D eigenvalue weighted by Gasteiger charge is 2.41. The standard InChI is InChI=1S/C22H24N4OS/c1-16-7-5-8-17(15-16)26-21(19-10-6-12-25(19)13-14-27-2)20(24-22(26)28)18-9-3-4-11-23-18/h3-12,15,20-21H,13-14H2,1-2H3,(H,24,28). The van der Waals surface area contributed by atoms with Crippen molar-refractivity contribution in [1.29, 1.82) is 0 Å². The van der Waals surface area contributed by atoms with Crippen LogP contribution >= 0.6 is 12.2 Å². The number of nitrogens with one attached hydrogen (secondary N) is 1. The molecule has 1 aliphatic rings. The maximum absolute atomic E-state index is 5.78. The quantitative estimate of drug-likeness (QED) is 0.642. The van der Waals surface area contributed by atoms with Crippen LogP contribution in [0, 0.1) is 6.92 Å². The van der Waals surface area contributed by atoms with Gasteiger partial charge in [0, 0.05) is 37.4 Å². The minimum atomic E-state index is -0.0367. The molecular formula is C22H24N4OS. The van der Waals surface area contributed by atoms with Crippen molar-refractivity contribution < 1.29 is 4.74 Å². The molecule has 0 bridgehead atoms. The molecule has 0 spiro atoms. The van der Waals surface area contributed by atoms with E-state index >= 15 is 0 Å². The number of ether oxygens (including phenoxy) is 1. The van der Waals surface area contributed by atoms with Crippen LogP contribution in [0.2, 0.25) is 0 Å². The Bertz CT molecular complexity index is 956. The second-order valence-electron chi connectivity index (χ2n) is 6.95. The highest BCUT2D eigenvalue weighted by molar-refractivity contribution is 7.80. The number of anilines is 1. The SMILES string of the molecule is COCCn1cccc1C1C(c2ccccn2)NC(=S)N1c1cccc(C)c1. The van der Waals surface area contributed by atoms with Gasteiger partial charge in [-0.25, -0.2) is 0 Å². The Morgan fingerprint density at radius 3 is 2.79 bits per heavy atom. The number of pyridine rings is 1. The summed E-state index contributed by atoms with van der Waals surface area (Å²) in [6.07, 6.45) is 3.93. The number of thiocarbonyl (C=S) groups is 1. The van der Waals surface area contributed by atoms with Crippen LogP contribution in [0.5, 0.6) is 0 Å². The van der Waals surface area contributed by atoms with Crippen LogP contribution in [-0.4, -0.2) is 28.4 Å². The first-order valence-corrected chi connectivity index (χ1v) is 9.81. The fourth-order valence-electron chi connectivity index (χ4n) is 3.80. The van der Waals surface area contributed by atoms with Gasteiger partial charge in [0.1, 0.15) is 6.04 Å². The van der Waals surface area contributed by atoms with E-state index in [4.69, 9.17) is 17.0 Å². The van der Waals surface area contributed by atoms with Crippen LogP contribution in [0.15, 0.2) is 67.0 Å². The summed E-state index contributed by atoms with van der Waals surface area (Å²) in [4.78, 5) is 6.82. The molecule has 0 aliphatic carbocycles. The first-order chi connectivity index (χ1) is 13.7. The number of methoxy groups -OCH3 is 1. The van der Waals surface area contributed by atoms with Crippen LogP contribution in [0.25, 0.3) is 0 Å². The molecule has 4 rings (SSSR count). The molecule has 2 aromatic heterocycles. The Morgan fingerprint density at radius 2 is 2.04 bits per heavy atom. The highest BCUT2D eigenvalue weighted by Crippen LogP contribution is 2.41. The zero-order chi connectivity index (χ0) is 19.5. The molecule has 0 amide bonds. The molecule has 6 heteroatoms. The van der Waals surface area contributed by atoms with E-state index in [2.05, 4.69) is 75.4 Å². The lowest BCUT2D eigenvalue weighted by atomic mass is 10.0. The number of rotatable bonds is 6.